The van der Waals surface area contributed by atoms with Gasteiger partial charge in [0.05, 0.1) is 0 Å². The van der Waals surface area contributed by atoms with Crippen LogP contribution in [-0.4, -0.2) is 0 Å². The zero-order valence-corrected chi connectivity index (χ0v) is 72.3. The minimum atomic E-state index is 0.850. The second kappa shape index (κ2) is 45.4. The summed E-state index contributed by atoms with van der Waals surface area (Å²) < 4.78 is 0. The largest absolute Gasteiger partial charge is 0.0654 e. The van der Waals surface area contributed by atoms with E-state index in [0.717, 1.165) is 11.8 Å². The highest BCUT2D eigenvalue weighted by Crippen LogP contribution is 2.41. The van der Waals surface area contributed by atoms with Gasteiger partial charge in [0.2, 0.25) is 0 Å². The van der Waals surface area contributed by atoms with Gasteiger partial charge in [0.1, 0.15) is 0 Å². The third-order valence-corrected chi connectivity index (χ3v) is 23.9. The summed E-state index contributed by atoms with van der Waals surface area (Å²) in [5.74, 6) is 1.70. The first-order valence-corrected chi connectivity index (χ1v) is 44.1. The van der Waals surface area contributed by atoms with E-state index in [0.29, 0.717) is 0 Å². The molecule has 0 unspecified atom stereocenters. The van der Waals surface area contributed by atoms with Crippen LogP contribution in [0.5, 0.6) is 0 Å². The fourth-order valence-electron chi connectivity index (χ4n) is 17.9. The summed E-state index contributed by atoms with van der Waals surface area (Å²) in [6.07, 6.45) is 39.9. The molecule has 0 heteroatoms. The number of aryl methyl sites for hydroxylation is 16. The Labute approximate surface area is 676 Å². The Hall–Kier alpha value is -8.32. The van der Waals surface area contributed by atoms with E-state index < -0.39 is 0 Å². The summed E-state index contributed by atoms with van der Waals surface area (Å²) in [4.78, 5) is 0. The molecule has 0 N–H and O–H groups in total. The molecule has 0 amide bonds. The highest BCUT2D eigenvalue weighted by atomic mass is 14.3. The molecule has 0 aliphatic heterocycles. The van der Waals surface area contributed by atoms with Crippen LogP contribution in [-0.2, 0) is 19.3 Å². The molecule has 0 heterocycles. The predicted molar refractivity (Wildman–Crippen MR) is 495 cm³/mol. The molecule has 0 spiro atoms. The molecular weight excluding hydrogens is 1330 g/mol. The second-order valence-electron chi connectivity index (χ2n) is 34.0. The van der Waals surface area contributed by atoms with Crippen LogP contribution in [0.2, 0.25) is 0 Å². The highest BCUT2D eigenvalue weighted by molar-refractivity contribution is 6.11. The first kappa shape index (κ1) is 86.7. The van der Waals surface area contributed by atoms with E-state index in [4.69, 9.17) is 0 Å². The van der Waals surface area contributed by atoms with E-state index in [-0.39, 0.29) is 0 Å². The minimum absolute atomic E-state index is 0.850. The molecule has 0 saturated heterocycles. The lowest BCUT2D eigenvalue weighted by molar-refractivity contribution is 0.437. The van der Waals surface area contributed by atoms with Crippen molar-refractivity contribution in [2.75, 3.05) is 0 Å². The molecule has 111 heavy (non-hydrogen) atoms. The summed E-state index contributed by atoms with van der Waals surface area (Å²) in [6, 6.07) is 76.2. The van der Waals surface area contributed by atoms with E-state index >= 15 is 0 Å². The van der Waals surface area contributed by atoms with Crippen LogP contribution in [0.15, 0.2) is 206 Å². The van der Waals surface area contributed by atoms with E-state index in [1.807, 2.05) is 0 Å². The number of unbranched alkanes of at least 4 members (excludes halogenated alkanes) is 13. The van der Waals surface area contributed by atoms with Gasteiger partial charge in [-0.25, -0.2) is 0 Å². The Morgan fingerprint density at radius 3 is 1.00 bits per heavy atom. The molecule has 0 atom stereocenters. The number of fused-ring (bicyclic) bond motifs is 6. The van der Waals surface area contributed by atoms with E-state index in [1.54, 1.807) is 33.4 Å². The molecule has 586 valence electrons. The molecule has 0 bridgehead atoms. The molecule has 12 aromatic carbocycles. The molecule has 12 aromatic rings. The van der Waals surface area contributed by atoms with E-state index in [9.17, 15) is 0 Å². The van der Waals surface area contributed by atoms with E-state index in [1.165, 1.54) is 318 Å². The Morgan fingerprint density at radius 1 is 0.234 bits per heavy atom. The standard InChI is InChI=1S/C32H46.C20H30.C20H18.C17H16.C14H22.C8H10/c1-5-7-9-11-13-15-17-27-28(18-16-14-12-10-8-6-2)32-24-26(4)20-22-30(32)29-21-19-25(3)23-31(27)29;2*1-15-13-20(18-11-7-4-8-12-18)16(2)14-19(15)17-9-5-3-6-10-17;1-11-4-6-15-14(8-11)10-13(3)17-9-12(2)5-7-16(15)17;1-4-5-6-7-8-14-10-12(2)9-13(3)11-14;1-7-4-3-5-8(2)6-7/h19-24H,5-18H2,1-4H3;13-14,17-18H,3-12H2,1-2H3;3-14H,1-2H3;4-10H,1-3H3;9-11H,4-8H2,1-3H3;3-6H,1-2H3. The maximum atomic E-state index is 2.55. The van der Waals surface area contributed by atoms with Gasteiger partial charge in [0.15, 0.2) is 0 Å². The first-order valence-electron chi connectivity index (χ1n) is 44.1. The molecule has 2 fully saturated rings. The SMILES string of the molecule is CCCCCCCCc1c(CCCCCCCC)c2cc(C)ccc2c2ccc(C)cc12.CCCCCCc1cc(C)cc(C)c1.Cc1cc(-c2ccccc2)c(C)cc1-c1ccccc1.Cc1cc(C2CCCCC2)c(C)cc1C1CCCCC1.Cc1ccc2c(c1)cc(C)c1cc(C)ccc12.Cc1cccc(C)c1. The zero-order valence-electron chi connectivity index (χ0n) is 72.3. The predicted octanol–water partition coefficient (Wildman–Crippen LogP) is 34.1. The van der Waals surface area contributed by atoms with E-state index in [2.05, 4.69) is 317 Å². The molecule has 14 rings (SSSR count). The van der Waals surface area contributed by atoms with Crippen molar-refractivity contribution in [1.82, 2.24) is 0 Å². The van der Waals surface area contributed by atoms with Crippen molar-refractivity contribution in [3.8, 4) is 22.3 Å². The molecule has 0 aromatic heterocycles. The minimum Gasteiger partial charge on any atom is -0.0654 e. The van der Waals surface area contributed by atoms with Crippen LogP contribution in [0.4, 0.5) is 0 Å². The molecule has 2 aliphatic carbocycles. The van der Waals surface area contributed by atoms with Gasteiger partial charge in [-0.2, -0.15) is 0 Å². The van der Waals surface area contributed by atoms with Gasteiger partial charge >= 0.3 is 0 Å². The van der Waals surface area contributed by atoms with Gasteiger partial charge in [-0.3, -0.25) is 0 Å². The van der Waals surface area contributed by atoms with Crippen molar-refractivity contribution in [1.29, 1.82) is 0 Å². The number of benzene rings is 12. The Kier molecular flexibility index (Phi) is 35.4. The number of hydrogen-bond acceptors (Lipinski definition) is 0. The van der Waals surface area contributed by atoms with Crippen molar-refractivity contribution in [3.63, 3.8) is 0 Å². The van der Waals surface area contributed by atoms with Gasteiger partial charge in [-0.05, 0) is 287 Å². The molecular formula is C111H142. The maximum absolute atomic E-state index is 2.55. The zero-order chi connectivity index (χ0) is 79.0. The van der Waals surface area contributed by atoms with Crippen LogP contribution in [0.1, 0.15) is 300 Å². The summed E-state index contributed by atoms with van der Waals surface area (Å²) in [5.41, 5.74) is 31.4. The maximum Gasteiger partial charge on any atom is -0.0102 e. The van der Waals surface area contributed by atoms with Crippen molar-refractivity contribution in [3.05, 3.63) is 306 Å². The average Bonchev–Trinajstić information content (AvgIpc) is 0.748. The number of rotatable bonds is 23. The normalized spacial score (nSPS) is 12.9. The van der Waals surface area contributed by atoms with Crippen LogP contribution < -0.4 is 0 Å². The van der Waals surface area contributed by atoms with Crippen molar-refractivity contribution in [2.45, 2.75) is 309 Å². The molecule has 2 aliphatic rings. The molecule has 0 radical (unpaired) electrons. The van der Waals surface area contributed by atoms with Crippen LogP contribution in [0.25, 0.3) is 65.3 Å². The lowest BCUT2D eigenvalue weighted by Gasteiger charge is -2.28. The third-order valence-electron chi connectivity index (χ3n) is 23.9. The quantitative estimate of drug-likeness (QED) is 0.0442. The summed E-state index contributed by atoms with van der Waals surface area (Å²) in [6.45, 7) is 35.5. The van der Waals surface area contributed by atoms with Gasteiger partial charge in [-0.1, -0.05) is 394 Å². The smallest absolute Gasteiger partial charge is 0.0102 e. The Bertz CT molecular complexity index is 4580. The lowest BCUT2D eigenvalue weighted by Crippen LogP contribution is -2.10. The van der Waals surface area contributed by atoms with Gasteiger partial charge < -0.3 is 0 Å². The van der Waals surface area contributed by atoms with Crippen molar-refractivity contribution in [2.24, 2.45) is 0 Å². The Balaban J connectivity index is 0.000000159. The van der Waals surface area contributed by atoms with Gasteiger partial charge in [0.25, 0.3) is 0 Å². The topological polar surface area (TPSA) is 0 Å². The third kappa shape index (κ3) is 26.4. The van der Waals surface area contributed by atoms with Crippen LogP contribution >= 0.6 is 0 Å². The van der Waals surface area contributed by atoms with Gasteiger partial charge in [0, 0.05) is 0 Å². The second-order valence-corrected chi connectivity index (χ2v) is 34.0. The summed E-state index contributed by atoms with van der Waals surface area (Å²) in [7, 11) is 0. The summed E-state index contributed by atoms with van der Waals surface area (Å²) >= 11 is 0. The van der Waals surface area contributed by atoms with Crippen molar-refractivity contribution < 1.29 is 0 Å². The highest BCUT2D eigenvalue weighted by Gasteiger charge is 2.23. The van der Waals surface area contributed by atoms with Gasteiger partial charge in [-0.15, -0.1) is 0 Å². The van der Waals surface area contributed by atoms with Crippen LogP contribution in [0, 0.1) is 90.0 Å². The van der Waals surface area contributed by atoms with Crippen LogP contribution in [0.3, 0.4) is 0 Å². The fourth-order valence-corrected chi connectivity index (χ4v) is 17.9. The monoisotopic (exact) mass is 1480 g/mol. The van der Waals surface area contributed by atoms with Crippen molar-refractivity contribution >= 4 is 43.1 Å². The Morgan fingerprint density at radius 2 is 0.586 bits per heavy atom. The lowest BCUT2D eigenvalue weighted by atomic mass is 9.77. The first-order chi connectivity index (χ1) is 53.8. The summed E-state index contributed by atoms with van der Waals surface area (Å²) in [5, 5.41) is 11.4. The molecule has 2 saturated carbocycles. The number of hydrogen-bond donors (Lipinski definition) is 0. The fraction of sp³-hybridized carbons (Fsp3) is 0.423. The average molecular weight is 1480 g/mol. The molecule has 0 nitrogen and oxygen atoms in total.